The maximum Gasteiger partial charge on any atom is 0.195 e. The topological polar surface area (TPSA) is 57.5 Å². The van der Waals surface area contributed by atoms with E-state index >= 15 is 0 Å². The van der Waals surface area contributed by atoms with Gasteiger partial charge in [-0.05, 0) is 26.7 Å². The number of aliphatic hydroxyl groups is 2. The van der Waals surface area contributed by atoms with Crippen molar-refractivity contribution in [2.24, 2.45) is 0 Å². The van der Waals surface area contributed by atoms with Gasteiger partial charge < -0.3 is 10.2 Å². The summed E-state index contributed by atoms with van der Waals surface area (Å²) in [5, 5.41) is 19.1. The summed E-state index contributed by atoms with van der Waals surface area (Å²) in [6.45, 7) is 6.28. The smallest absolute Gasteiger partial charge is 0.195 e. The molecule has 3 nitrogen and oxygen atoms in total. The van der Waals surface area contributed by atoms with Gasteiger partial charge in [0.1, 0.15) is 11.2 Å². The third-order valence-corrected chi connectivity index (χ3v) is 2.36. The highest BCUT2D eigenvalue weighted by Gasteiger charge is 2.40. The number of ketones is 1. The van der Waals surface area contributed by atoms with E-state index in [1.54, 1.807) is 13.8 Å². The Kier molecular flexibility index (Phi) is 3.42. The van der Waals surface area contributed by atoms with Gasteiger partial charge in [-0.3, -0.25) is 4.79 Å². The Morgan fingerprint density at radius 1 is 1.08 bits per heavy atom. The van der Waals surface area contributed by atoms with E-state index in [2.05, 4.69) is 0 Å². The van der Waals surface area contributed by atoms with Crippen LogP contribution in [0, 0.1) is 0 Å². The fraction of sp³-hybridized carbons (Fsp3) is 0.889. The molecule has 0 aliphatic rings. The van der Waals surface area contributed by atoms with Crippen molar-refractivity contribution in [2.75, 3.05) is 0 Å². The highest BCUT2D eigenvalue weighted by atomic mass is 16.3. The van der Waals surface area contributed by atoms with Crippen LogP contribution in [0.15, 0.2) is 0 Å². The van der Waals surface area contributed by atoms with Gasteiger partial charge in [-0.2, -0.15) is 0 Å². The molecule has 0 aliphatic heterocycles. The molecule has 0 heterocycles. The van der Waals surface area contributed by atoms with E-state index < -0.39 is 17.0 Å². The van der Waals surface area contributed by atoms with Gasteiger partial charge in [0.15, 0.2) is 5.78 Å². The number of Topliss-reactive ketones (excluding diaryl/α,β-unsaturated/α-hetero) is 1. The molecule has 2 atom stereocenters. The molecule has 2 N–H and O–H groups in total. The Hall–Kier alpha value is -0.410. The lowest BCUT2D eigenvalue weighted by molar-refractivity contribution is -0.154. The molecule has 0 rings (SSSR count). The molecule has 0 aromatic carbocycles. The molecule has 3 heteroatoms. The fourth-order valence-corrected chi connectivity index (χ4v) is 0.901. The Balaban J connectivity index is 4.60. The second-order valence-corrected chi connectivity index (χ2v) is 3.58. The first-order valence-corrected chi connectivity index (χ1v) is 4.27. The highest BCUT2D eigenvalue weighted by Crippen LogP contribution is 2.21. The van der Waals surface area contributed by atoms with Crippen LogP contribution in [-0.2, 0) is 4.79 Å². The second-order valence-electron chi connectivity index (χ2n) is 3.58. The SMILES string of the molecule is CC[C@](C)(O)C(=O)[C@@](C)(O)CC. The molecule has 0 radical (unpaired) electrons. The lowest BCUT2D eigenvalue weighted by atomic mass is 9.84. The molecule has 12 heavy (non-hydrogen) atoms. The minimum atomic E-state index is -1.40. The summed E-state index contributed by atoms with van der Waals surface area (Å²) in [4.78, 5) is 11.4. The van der Waals surface area contributed by atoms with Gasteiger partial charge in [-0.15, -0.1) is 0 Å². The van der Waals surface area contributed by atoms with Crippen LogP contribution in [0.1, 0.15) is 40.5 Å². The van der Waals surface area contributed by atoms with Gasteiger partial charge in [0.05, 0.1) is 0 Å². The molecule has 0 aliphatic carbocycles. The Morgan fingerprint density at radius 2 is 1.33 bits per heavy atom. The van der Waals surface area contributed by atoms with Crippen LogP contribution in [0.25, 0.3) is 0 Å². The molecule has 0 aromatic rings. The van der Waals surface area contributed by atoms with Crippen molar-refractivity contribution in [3.05, 3.63) is 0 Å². The van der Waals surface area contributed by atoms with E-state index in [4.69, 9.17) is 0 Å². The van der Waals surface area contributed by atoms with Gasteiger partial charge >= 0.3 is 0 Å². The summed E-state index contributed by atoms with van der Waals surface area (Å²) in [7, 11) is 0. The molecular weight excluding hydrogens is 156 g/mol. The quantitative estimate of drug-likeness (QED) is 0.665. The van der Waals surface area contributed by atoms with E-state index in [0.29, 0.717) is 12.8 Å². The first kappa shape index (κ1) is 11.6. The molecule has 0 saturated carbocycles. The van der Waals surface area contributed by atoms with Crippen LogP contribution in [-0.4, -0.2) is 27.2 Å². The van der Waals surface area contributed by atoms with Crippen LogP contribution < -0.4 is 0 Å². The third-order valence-electron chi connectivity index (χ3n) is 2.36. The van der Waals surface area contributed by atoms with E-state index in [1.807, 2.05) is 0 Å². The molecular formula is C9H18O3. The van der Waals surface area contributed by atoms with Crippen LogP contribution in [0.4, 0.5) is 0 Å². The van der Waals surface area contributed by atoms with Crippen LogP contribution in [0.3, 0.4) is 0 Å². The first-order chi connectivity index (χ1) is 5.28. The maximum atomic E-state index is 11.4. The zero-order valence-electron chi connectivity index (χ0n) is 8.22. The molecule has 0 bridgehead atoms. The van der Waals surface area contributed by atoms with Crippen molar-refractivity contribution in [1.29, 1.82) is 0 Å². The molecule has 0 fully saturated rings. The lowest BCUT2D eigenvalue weighted by Crippen LogP contribution is -2.49. The largest absolute Gasteiger partial charge is 0.382 e. The summed E-state index contributed by atoms with van der Waals surface area (Å²) < 4.78 is 0. The minimum Gasteiger partial charge on any atom is -0.382 e. The van der Waals surface area contributed by atoms with E-state index in [9.17, 15) is 15.0 Å². The monoisotopic (exact) mass is 174 g/mol. The number of hydrogen-bond donors (Lipinski definition) is 2. The first-order valence-electron chi connectivity index (χ1n) is 4.27. The fourth-order valence-electron chi connectivity index (χ4n) is 0.901. The van der Waals surface area contributed by atoms with Gasteiger partial charge in [0.2, 0.25) is 0 Å². The molecule has 0 aromatic heterocycles. The van der Waals surface area contributed by atoms with Crippen LogP contribution in [0.5, 0.6) is 0 Å². The third kappa shape index (κ3) is 2.29. The maximum absolute atomic E-state index is 11.4. The summed E-state index contributed by atoms with van der Waals surface area (Å²) >= 11 is 0. The van der Waals surface area contributed by atoms with Gasteiger partial charge in [-0.25, -0.2) is 0 Å². The second kappa shape index (κ2) is 3.54. The molecule has 0 amide bonds. The van der Waals surface area contributed by atoms with Crippen LogP contribution >= 0.6 is 0 Å². The number of carbonyl (C=O) groups excluding carboxylic acids is 1. The number of hydrogen-bond acceptors (Lipinski definition) is 3. The van der Waals surface area contributed by atoms with Crippen molar-refractivity contribution < 1.29 is 15.0 Å². The average molecular weight is 174 g/mol. The molecule has 0 spiro atoms. The zero-order chi connectivity index (χ0) is 9.99. The summed E-state index contributed by atoms with van der Waals surface area (Å²) in [6.07, 6.45) is 0.643. The summed E-state index contributed by atoms with van der Waals surface area (Å²) in [5.74, 6) is -0.500. The highest BCUT2D eigenvalue weighted by molar-refractivity contribution is 5.93. The standard InChI is InChI=1S/C9H18O3/c1-5-8(3,11)7(10)9(4,12)6-2/h11-12H,5-6H2,1-4H3/t8-,9-/m0/s1. The van der Waals surface area contributed by atoms with Crippen molar-refractivity contribution >= 4 is 5.78 Å². The normalized spacial score (nSPS) is 21.2. The number of rotatable bonds is 4. The predicted octanol–water partition coefficient (Wildman–Crippen LogP) is 0.877. The zero-order valence-corrected chi connectivity index (χ0v) is 8.22. The van der Waals surface area contributed by atoms with Gasteiger partial charge in [-0.1, -0.05) is 13.8 Å². The molecule has 72 valence electrons. The Labute approximate surface area is 73.4 Å². The Morgan fingerprint density at radius 3 is 1.50 bits per heavy atom. The number of carbonyl (C=O) groups is 1. The van der Waals surface area contributed by atoms with Gasteiger partial charge in [0, 0.05) is 0 Å². The van der Waals surface area contributed by atoms with Crippen LogP contribution in [0.2, 0.25) is 0 Å². The van der Waals surface area contributed by atoms with Crippen molar-refractivity contribution in [2.45, 2.75) is 51.7 Å². The minimum absolute atomic E-state index is 0.321. The van der Waals surface area contributed by atoms with Crippen molar-refractivity contribution in [3.8, 4) is 0 Å². The van der Waals surface area contributed by atoms with Gasteiger partial charge in [0.25, 0.3) is 0 Å². The van der Waals surface area contributed by atoms with E-state index in [1.165, 1.54) is 13.8 Å². The lowest BCUT2D eigenvalue weighted by Gasteiger charge is -2.29. The van der Waals surface area contributed by atoms with Crippen molar-refractivity contribution in [1.82, 2.24) is 0 Å². The summed E-state index contributed by atoms with van der Waals surface area (Å²) in [5.41, 5.74) is -2.81. The molecule has 0 saturated heterocycles. The predicted molar refractivity (Wildman–Crippen MR) is 46.8 cm³/mol. The average Bonchev–Trinajstić information content (AvgIpc) is 2.03. The van der Waals surface area contributed by atoms with Crippen molar-refractivity contribution in [3.63, 3.8) is 0 Å². The van der Waals surface area contributed by atoms with E-state index in [0.717, 1.165) is 0 Å². The molecule has 0 unspecified atom stereocenters. The summed E-state index contributed by atoms with van der Waals surface area (Å²) in [6, 6.07) is 0. The Bertz CT molecular complexity index is 153. The van der Waals surface area contributed by atoms with E-state index in [-0.39, 0.29) is 0 Å².